The van der Waals surface area contributed by atoms with E-state index in [2.05, 4.69) is 6.92 Å². The molecule has 0 spiro atoms. The van der Waals surface area contributed by atoms with Crippen LogP contribution in [-0.4, -0.2) is 48.9 Å². The van der Waals surface area contributed by atoms with E-state index in [0.717, 1.165) is 21.3 Å². The van der Waals surface area contributed by atoms with E-state index in [1.54, 1.807) is 6.92 Å². The van der Waals surface area contributed by atoms with Gasteiger partial charge in [0.25, 0.3) is 0 Å². The van der Waals surface area contributed by atoms with Crippen LogP contribution in [0.2, 0.25) is 0 Å². The van der Waals surface area contributed by atoms with E-state index in [-0.39, 0.29) is 26.2 Å². The molecule has 0 bridgehead atoms. The minimum absolute atomic E-state index is 0. The third kappa shape index (κ3) is 14.7. The molecule has 3 N–H and O–H groups in total. The average Bonchev–Trinajstić information content (AvgIpc) is 3.18. The van der Waals surface area contributed by atoms with E-state index in [4.69, 9.17) is 20.1 Å². The zero-order chi connectivity index (χ0) is 12.7. The molecule has 2 aliphatic rings. The Labute approximate surface area is 119 Å². The smallest absolute Gasteiger partial charge is 0.0841 e. The first-order valence-electron chi connectivity index (χ1n) is 5.17. The quantitative estimate of drug-likeness (QED) is 0.460. The van der Waals surface area contributed by atoms with Gasteiger partial charge in [-0.1, -0.05) is 12.8 Å². The number of aliphatic hydroxyl groups is 3. The van der Waals surface area contributed by atoms with Gasteiger partial charge in [0.1, 0.15) is 0 Å². The summed E-state index contributed by atoms with van der Waals surface area (Å²) >= 11 is 0. The second-order valence-corrected chi connectivity index (χ2v) is 2.50. The van der Waals surface area contributed by atoms with Gasteiger partial charge in [0.2, 0.25) is 0 Å². The van der Waals surface area contributed by atoms with Crippen molar-refractivity contribution in [3.63, 3.8) is 0 Å². The number of fused-ring (bicyclic) bond motifs is 1. The van der Waals surface area contributed by atoms with Crippen LogP contribution >= 0.6 is 0 Å². The molecule has 16 heavy (non-hydrogen) atoms. The maximum atomic E-state index is 7.00. The first-order chi connectivity index (χ1) is 7.47. The predicted molar refractivity (Wildman–Crippen MR) is 62.6 cm³/mol. The van der Waals surface area contributed by atoms with Crippen LogP contribution in [0.5, 0.6) is 0 Å². The summed E-state index contributed by atoms with van der Waals surface area (Å²) in [5.41, 5.74) is 0. The normalized spacial score (nSPS) is 22.5. The van der Waals surface area contributed by atoms with E-state index < -0.39 is 0 Å². The Hall–Kier alpha value is 0.723. The van der Waals surface area contributed by atoms with Gasteiger partial charge in [-0.25, -0.2) is 0 Å². The number of ether oxygens (including phenoxy) is 1. The minimum Gasteiger partial charge on any atom is -0.400 e. The molecule has 2 rings (SSSR count). The Morgan fingerprint density at radius 1 is 0.812 bits per heavy atom. The molecule has 1 heterocycles. The summed E-state index contributed by atoms with van der Waals surface area (Å²) in [6.07, 6.45) is 6.89. The molecular formula is C11H27O4Zr-. The van der Waals surface area contributed by atoms with Crippen LogP contribution in [0.1, 0.15) is 32.6 Å². The molecular weight excluding hydrogens is 287 g/mol. The van der Waals surface area contributed by atoms with E-state index in [0.29, 0.717) is 12.2 Å². The van der Waals surface area contributed by atoms with Crippen molar-refractivity contribution in [3.05, 3.63) is 6.92 Å². The Morgan fingerprint density at radius 3 is 1.25 bits per heavy atom. The van der Waals surface area contributed by atoms with Gasteiger partial charge in [-0.15, -0.1) is 0 Å². The predicted octanol–water partition coefficient (Wildman–Crippen LogP) is 0.991. The molecule has 1 saturated heterocycles. The van der Waals surface area contributed by atoms with Crippen molar-refractivity contribution in [2.75, 3.05) is 21.3 Å². The van der Waals surface area contributed by atoms with Crippen LogP contribution in [0.25, 0.3) is 0 Å². The summed E-state index contributed by atoms with van der Waals surface area (Å²) < 4.78 is 5.28. The maximum Gasteiger partial charge on any atom is 0.0841 e. The van der Waals surface area contributed by atoms with Gasteiger partial charge in [0, 0.05) is 47.5 Å². The summed E-state index contributed by atoms with van der Waals surface area (Å²) in [5, 5.41) is 21.0. The van der Waals surface area contributed by atoms with Gasteiger partial charge in [0.05, 0.1) is 12.2 Å². The van der Waals surface area contributed by atoms with Crippen molar-refractivity contribution >= 4 is 0 Å². The fourth-order valence-corrected chi connectivity index (χ4v) is 1.38. The first kappa shape index (κ1) is 25.5. The number of hydrogen-bond donors (Lipinski definition) is 3. The summed E-state index contributed by atoms with van der Waals surface area (Å²) in [7, 11) is 3.00. The second-order valence-electron chi connectivity index (χ2n) is 2.50. The number of hydrogen-bond acceptors (Lipinski definition) is 4. The van der Waals surface area contributed by atoms with Gasteiger partial charge in [-0.2, -0.15) is 6.92 Å². The maximum absolute atomic E-state index is 7.00. The summed E-state index contributed by atoms with van der Waals surface area (Å²) in [6.45, 7) is 5.00. The second kappa shape index (κ2) is 24.8. The van der Waals surface area contributed by atoms with Gasteiger partial charge in [-0.3, -0.25) is 0 Å². The summed E-state index contributed by atoms with van der Waals surface area (Å²) in [4.78, 5) is 0. The Balaban J connectivity index is -0.0000000705. The molecule has 4 nitrogen and oxygen atoms in total. The van der Waals surface area contributed by atoms with E-state index >= 15 is 0 Å². The van der Waals surface area contributed by atoms with Gasteiger partial charge < -0.3 is 27.0 Å². The molecule has 5 heteroatoms. The van der Waals surface area contributed by atoms with Crippen LogP contribution in [-0.2, 0) is 30.9 Å². The fraction of sp³-hybridized carbons (Fsp3) is 0.909. The molecule has 0 amide bonds. The number of epoxide rings is 1. The van der Waals surface area contributed by atoms with Gasteiger partial charge in [-0.05, 0) is 12.8 Å². The third-order valence-corrected chi connectivity index (χ3v) is 1.91. The zero-order valence-corrected chi connectivity index (χ0v) is 13.4. The van der Waals surface area contributed by atoms with Crippen LogP contribution in [0.4, 0.5) is 0 Å². The standard InChI is InChI=1S/C6H10O.C2H5.3CH4O.Zr/c1-2-4-6-5(3-1)7-6;4*1-2;/h5-6H,1-4H2;1H2,2H3;3*2H,1H3;/q;-1;;;;. The molecule has 1 aliphatic carbocycles. The Kier molecular flexibility index (Phi) is 39.6. The SMILES string of the molecule is C1CCC2OC2C1.CO.CO.CO.[CH2-]C.[Zr]. The molecule has 0 aromatic heterocycles. The molecule has 100 valence electrons. The van der Waals surface area contributed by atoms with Crippen molar-refractivity contribution in [1.82, 2.24) is 0 Å². The van der Waals surface area contributed by atoms with Crippen LogP contribution in [0.15, 0.2) is 0 Å². The van der Waals surface area contributed by atoms with Gasteiger partial charge in [0.15, 0.2) is 0 Å². The van der Waals surface area contributed by atoms with Crippen molar-refractivity contribution in [2.45, 2.75) is 44.8 Å². The molecule has 0 aromatic rings. The van der Waals surface area contributed by atoms with Crippen molar-refractivity contribution in [3.8, 4) is 0 Å². The zero-order valence-electron chi connectivity index (χ0n) is 10.9. The molecule has 0 aromatic carbocycles. The molecule has 1 saturated carbocycles. The van der Waals surface area contributed by atoms with Crippen LogP contribution in [0.3, 0.4) is 0 Å². The monoisotopic (exact) mass is 313 g/mol. The average molecular weight is 315 g/mol. The van der Waals surface area contributed by atoms with Gasteiger partial charge >= 0.3 is 0 Å². The summed E-state index contributed by atoms with van der Waals surface area (Å²) in [6, 6.07) is 0. The van der Waals surface area contributed by atoms with E-state index in [1.807, 2.05) is 0 Å². The Morgan fingerprint density at radius 2 is 1.06 bits per heavy atom. The fourth-order valence-electron chi connectivity index (χ4n) is 1.38. The minimum atomic E-state index is 0. The molecule has 2 unspecified atom stereocenters. The van der Waals surface area contributed by atoms with Crippen molar-refractivity contribution in [1.29, 1.82) is 0 Å². The van der Waals surface area contributed by atoms with E-state index in [1.165, 1.54) is 25.7 Å². The third-order valence-electron chi connectivity index (χ3n) is 1.91. The van der Waals surface area contributed by atoms with Crippen molar-refractivity contribution in [2.24, 2.45) is 0 Å². The molecule has 0 radical (unpaired) electrons. The molecule has 2 fully saturated rings. The number of rotatable bonds is 0. The number of aliphatic hydroxyl groups excluding tert-OH is 3. The summed E-state index contributed by atoms with van der Waals surface area (Å²) in [5.74, 6) is 0. The Bertz CT molecular complexity index is 84.1. The first-order valence-corrected chi connectivity index (χ1v) is 5.17. The van der Waals surface area contributed by atoms with Crippen molar-refractivity contribution < 1.29 is 46.3 Å². The molecule has 2 atom stereocenters. The van der Waals surface area contributed by atoms with E-state index in [9.17, 15) is 0 Å². The van der Waals surface area contributed by atoms with Crippen LogP contribution in [0, 0.1) is 6.92 Å². The largest absolute Gasteiger partial charge is 0.400 e. The van der Waals surface area contributed by atoms with Crippen LogP contribution < -0.4 is 0 Å². The topological polar surface area (TPSA) is 73.2 Å². The molecule has 1 aliphatic heterocycles.